The van der Waals surface area contributed by atoms with Gasteiger partial charge in [0.2, 0.25) is 10.0 Å². The number of aliphatic hydroxyl groups excluding tert-OH is 1. The number of piperazine rings is 1. The molecular formula is C11H22N2O4S. The van der Waals surface area contributed by atoms with Crippen LogP contribution in [0.15, 0.2) is 0 Å². The van der Waals surface area contributed by atoms with Gasteiger partial charge in [-0.05, 0) is 12.3 Å². The van der Waals surface area contributed by atoms with Crippen molar-refractivity contribution in [2.75, 3.05) is 58.3 Å². The molecule has 0 spiro atoms. The quantitative estimate of drug-likeness (QED) is 0.696. The monoisotopic (exact) mass is 278 g/mol. The Bertz CT molecular complexity index is 346. The Hall–Kier alpha value is -0.210. The number of sulfonamides is 1. The molecule has 106 valence electrons. The van der Waals surface area contributed by atoms with Crippen LogP contribution in [0.4, 0.5) is 0 Å². The molecule has 18 heavy (non-hydrogen) atoms. The van der Waals surface area contributed by atoms with Gasteiger partial charge in [-0.25, -0.2) is 8.42 Å². The minimum Gasteiger partial charge on any atom is -0.395 e. The molecule has 2 fully saturated rings. The summed E-state index contributed by atoms with van der Waals surface area (Å²) in [6, 6.07) is 0. The second-order valence-electron chi connectivity index (χ2n) is 4.97. The van der Waals surface area contributed by atoms with Crippen LogP contribution in [0.2, 0.25) is 0 Å². The first-order valence-corrected chi connectivity index (χ1v) is 8.11. The minimum atomic E-state index is -3.14. The molecule has 0 aliphatic carbocycles. The number of β-amino-alcohol motifs (C(OH)–C–C–N with tert-alkyl or cyclic N) is 1. The Morgan fingerprint density at radius 2 is 1.94 bits per heavy atom. The number of hydrogen-bond donors (Lipinski definition) is 1. The lowest BCUT2D eigenvalue weighted by molar-refractivity contribution is 0.151. The van der Waals surface area contributed by atoms with Gasteiger partial charge >= 0.3 is 0 Å². The lowest BCUT2D eigenvalue weighted by atomic mass is 10.2. The van der Waals surface area contributed by atoms with E-state index < -0.39 is 10.0 Å². The summed E-state index contributed by atoms with van der Waals surface area (Å²) < 4.78 is 31.2. The largest absolute Gasteiger partial charge is 0.395 e. The van der Waals surface area contributed by atoms with Gasteiger partial charge in [0.05, 0.1) is 19.0 Å². The molecule has 0 aromatic carbocycles. The first kappa shape index (κ1) is 14.2. The number of hydrogen-bond acceptors (Lipinski definition) is 5. The lowest BCUT2D eigenvalue weighted by Gasteiger charge is -2.34. The minimum absolute atomic E-state index is 0.131. The van der Waals surface area contributed by atoms with E-state index in [0.717, 1.165) is 6.42 Å². The third kappa shape index (κ3) is 3.64. The first-order valence-electron chi connectivity index (χ1n) is 6.50. The van der Waals surface area contributed by atoms with Crippen LogP contribution in [0.25, 0.3) is 0 Å². The zero-order valence-corrected chi connectivity index (χ0v) is 11.4. The van der Waals surface area contributed by atoms with E-state index in [1.165, 1.54) is 0 Å². The topological polar surface area (TPSA) is 70.1 Å². The highest BCUT2D eigenvalue weighted by molar-refractivity contribution is 7.89. The Labute approximate surface area is 109 Å². The van der Waals surface area contributed by atoms with Crippen molar-refractivity contribution in [3.63, 3.8) is 0 Å². The number of ether oxygens (including phenoxy) is 1. The van der Waals surface area contributed by atoms with Crippen molar-refractivity contribution >= 4 is 10.0 Å². The molecule has 0 amide bonds. The van der Waals surface area contributed by atoms with E-state index in [0.29, 0.717) is 45.9 Å². The molecular weight excluding hydrogens is 256 g/mol. The molecule has 0 radical (unpaired) electrons. The summed E-state index contributed by atoms with van der Waals surface area (Å²) in [4.78, 5) is 2.09. The Balaban J connectivity index is 1.83. The number of nitrogens with zero attached hydrogens (tertiary/aromatic N) is 2. The number of rotatable bonds is 5. The summed E-state index contributed by atoms with van der Waals surface area (Å²) in [5.74, 6) is 0.373. The van der Waals surface area contributed by atoms with Crippen molar-refractivity contribution in [2.24, 2.45) is 5.92 Å². The molecule has 2 rings (SSSR count). The molecule has 0 aromatic rings. The molecule has 0 saturated carbocycles. The van der Waals surface area contributed by atoms with Crippen LogP contribution in [0.1, 0.15) is 6.42 Å². The highest BCUT2D eigenvalue weighted by atomic mass is 32.2. The fraction of sp³-hybridized carbons (Fsp3) is 1.00. The fourth-order valence-electron chi connectivity index (χ4n) is 2.49. The van der Waals surface area contributed by atoms with E-state index in [2.05, 4.69) is 4.90 Å². The average Bonchev–Trinajstić information content (AvgIpc) is 2.82. The lowest BCUT2D eigenvalue weighted by Crippen LogP contribution is -2.50. The second-order valence-corrected chi connectivity index (χ2v) is 6.99. The average molecular weight is 278 g/mol. The van der Waals surface area contributed by atoms with Crippen molar-refractivity contribution in [1.82, 2.24) is 9.21 Å². The predicted molar refractivity (Wildman–Crippen MR) is 67.8 cm³/mol. The SMILES string of the molecule is O=S(=O)(C[C@H]1CCOC1)N1CCN(CCO)CC1. The zero-order chi connectivity index (χ0) is 13.0. The predicted octanol–water partition coefficient (Wildman–Crippen LogP) is -1.04. The van der Waals surface area contributed by atoms with Gasteiger partial charge in [-0.1, -0.05) is 0 Å². The van der Waals surface area contributed by atoms with Crippen LogP contribution in [0.5, 0.6) is 0 Å². The van der Waals surface area contributed by atoms with Gasteiger partial charge in [-0.3, -0.25) is 4.90 Å². The Morgan fingerprint density at radius 1 is 1.22 bits per heavy atom. The van der Waals surface area contributed by atoms with E-state index in [1.54, 1.807) is 4.31 Å². The maximum absolute atomic E-state index is 12.2. The van der Waals surface area contributed by atoms with Gasteiger partial charge in [0, 0.05) is 39.3 Å². The highest BCUT2D eigenvalue weighted by Gasteiger charge is 2.30. The summed E-state index contributed by atoms with van der Waals surface area (Å²) in [5.41, 5.74) is 0. The van der Waals surface area contributed by atoms with E-state index in [-0.39, 0.29) is 18.3 Å². The van der Waals surface area contributed by atoms with Crippen LogP contribution in [0, 0.1) is 5.92 Å². The van der Waals surface area contributed by atoms with E-state index in [4.69, 9.17) is 9.84 Å². The standard InChI is InChI=1S/C11H22N2O4S/c14-7-6-12-2-4-13(5-3-12)18(15,16)10-11-1-8-17-9-11/h11,14H,1-10H2/t11-/m0/s1. The molecule has 1 N–H and O–H groups in total. The third-order valence-corrected chi connectivity index (χ3v) is 5.66. The Kier molecular flexibility index (Phi) is 4.97. The van der Waals surface area contributed by atoms with Gasteiger partial charge in [0.15, 0.2) is 0 Å². The second kappa shape index (κ2) is 6.29. The molecule has 2 saturated heterocycles. The van der Waals surface area contributed by atoms with Crippen molar-refractivity contribution in [2.45, 2.75) is 6.42 Å². The van der Waals surface area contributed by atoms with Crippen molar-refractivity contribution in [3.05, 3.63) is 0 Å². The van der Waals surface area contributed by atoms with Crippen LogP contribution in [-0.4, -0.2) is 81.0 Å². The maximum Gasteiger partial charge on any atom is 0.214 e. The first-order chi connectivity index (χ1) is 8.62. The van der Waals surface area contributed by atoms with Crippen molar-refractivity contribution in [3.8, 4) is 0 Å². The smallest absolute Gasteiger partial charge is 0.214 e. The van der Waals surface area contributed by atoms with Gasteiger partial charge in [0.25, 0.3) is 0 Å². The Morgan fingerprint density at radius 3 is 2.50 bits per heavy atom. The van der Waals surface area contributed by atoms with Gasteiger partial charge < -0.3 is 9.84 Å². The molecule has 2 heterocycles. The maximum atomic E-state index is 12.2. The van der Waals surface area contributed by atoms with Crippen LogP contribution in [0.3, 0.4) is 0 Å². The summed E-state index contributed by atoms with van der Waals surface area (Å²) in [5, 5.41) is 8.85. The molecule has 0 bridgehead atoms. The van der Waals surface area contributed by atoms with E-state index in [9.17, 15) is 8.42 Å². The summed E-state index contributed by atoms with van der Waals surface area (Å²) >= 11 is 0. The summed E-state index contributed by atoms with van der Waals surface area (Å²) in [6.07, 6.45) is 0.851. The van der Waals surface area contributed by atoms with Gasteiger partial charge in [0.1, 0.15) is 0 Å². The van der Waals surface area contributed by atoms with E-state index >= 15 is 0 Å². The van der Waals surface area contributed by atoms with Crippen molar-refractivity contribution < 1.29 is 18.3 Å². The summed E-state index contributed by atoms with van der Waals surface area (Å²) in [6.45, 7) is 4.51. The summed E-state index contributed by atoms with van der Waals surface area (Å²) in [7, 11) is -3.14. The van der Waals surface area contributed by atoms with Gasteiger partial charge in [-0.15, -0.1) is 0 Å². The molecule has 0 aromatic heterocycles. The molecule has 2 aliphatic rings. The zero-order valence-electron chi connectivity index (χ0n) is 10.6. The molecule has 6 nitrogen and oxygen atoms in total. The van der Waals surface area contributed by atoms with Crippen LogP contribution in [-0.2, 0) is 14.8 Å². The van der Waals surface area contributed by atoms with Crippen molar-refractivity contribution in [1.29, 1.82) is 0 Å². The highest BCUT2D eigenvalue weighted by Crippen LogP contribution is 2.18. The van der Waals surface area contributed by atoms with Gasteiger partial charge in [-0.2, -0.15) is 4.31 Å². The molecule has 1 atom stereocenters. The molecule has 7 heteroatoms. The van der Waals surface area contributed by atoms with Crippen LogP contribution < -0.4 is 0 Å². The molecule has 2 aliphatic heterocycles. The van der Waals surface area contributed by atoms with Crippen LogP contribution >= 0.6 is 0 Å². The normalized spacial score (nSPS) is 27.7. The number of aliphatic hydroxyl groups is 1. The molecule has 0 unspecified atom stereocenters. The third-order valence-electron chi connectivity index (χ3n) is 3.61. The van der Waals surface area contributed by atoms with E-state index in [1.807, 2.05) is 0 Å². The fourth-order valence-corrected chi connectivity index (χ4v) is 4.28.